The minimum absolute atomic E-state index is 0.293. The molecule has 1 aromatic heterocycles. The zero-order chi connectivity index (χ0) is 18.4. The number of guanidine groups is 1. The molecule has 0 aliphatic rings. The molecule has 1 heterocycles. The molecule has 0 aliphatic carbocycles. The molecule has 3 aromatic rings. The van der Waals surface area contributed by atoms with Crippen molar-refractivity contribution in [3.8, 4) is 11.3 Å². The lowest BCUT2D eigenvalue weighted by molar-refractivity contribution is 0.510. The predicted molar refractivity (Wildman–Crippen MR) is 106 cm³/mol. The molecule has 0 unspecified atom stereocenters. The molecule has 0 spiro atoms. The number of nitrogens with zero attached hydrogens (tertiary/aromatic N) is 2. The van der Waals surface area contributed by atoms with Crippen LogP contribution in [0.5, 0.6) is 0 Å². The number of anilines is 1. The number of nitrogens with two attached hydrogens (primary N) is 1. The van der Waals surface area contributed by atoms with Crippen molar-refractivity contribution in [1.82, 2.24) is 4.98 Å². The number of oxazole rings is 1. The number of benzene rings is 2. The topological polar surface area (TPSA) is 76.4 Å². The second-order valence-electron chi connectivity index (χ2n) is 5.97. The molecular weight excluding hydrogens is 324 g/mol. The van der Waals surface area contributed by atoms with Crippen molar-refractivity contribution in [2.75, 3.05) is 5.32 Å². The van der Waals surface area contributed by atoms with Gasteiger partial charge in [0.15, 0.2) is 11.7 Å². The van der Waals surface area contributed by atoms with E-state index in [1.54, 1.807) is 6.20 Å². The third-order valence-electron chi connectivity index (χ3n) is 4.25. The number of nitrogens with one attached hydrogen (secondary N) is 1. The number of aryl methyl sites for hydroxylation is 2. The normalized spacial score (nSPS) is 11.5. The van der Waals surface area contributed by atoms with Gasteiger partial charge >= 0.3 is 0 Å². The molecule has 0 saturated heterocycles. The van der Waals surface area contributed by atoms with Gasteiger partial charge in [-0.2, -0.15) is 0 Å². The largest absolute Gasteiger partial charge is 0.439 e. The number of aromatic nitrogens is 1. The second kappa shape index (κ2) is 8.34. The maximum Gasteiger partial charge on any atom is 0.216 e. The lowest BCUT2D eigenvalue weighted by Gasteiger charge is -2.14. The van der Waals surface area contributed by atoms with Crippen LogP contribution in [-0.2, 0) is 19.4 Å². The summed E-state index contributed by atoms with van der Waals surface area (Å²) < 4.78 is 5.76. The fraction of sp³-hybridized carbons (Fsp3) is 0.238. The molecule has 0 aliphatic heterocycles. The van der Waals surface area contributed by atoms with Crippen molar-refractivity contribution >= 4 is 11.6 Å². The van der Waals surface area contributed by atoms with Crippen LogP contribution in [0.2, 0.25) is 0 Å². The zero-order valence-electron chi connectivity index (χ0n) is 15.2. The second-order valence-corrected chi connectivity index (χ2v) is 5.97. The highest BCUT2D eigenvalue weighted by Crippen LogP contribution is 2.23. The van der Waals surface area contributed by atoms with E-state index in [9.17, 15) is 0 Å². The van der Waals surface area contributed by atoms with Crippen LogP contribution in [0.15, 0.2) is 64.1 Å². The van der Waals surface area contributed by atoms with Gasteiger partial charge in [-0.15, -0.1) is 0 Å². The molecule has 3 rings (SSSR count). The van der Waals surface area contributed by atoms with Crippen LogP contribution in [0.3, 0.4) is 0 Å². The maximum absolute atomic E-state index is 6.09. The Hall–Kier alpha value is -3.08. The summed E-state index contributed by atoms with van der Waals surface area (Å²) in [5.74, 6) is 1.63. The Kier molecular flexibility index (Phi) is 5.69. The minimum atomic E-state index is 0.293. The molecule has 5 nitrogen and oxygen atoms in total. The summed E-state index contributed by atoms with van der Waals surface area (Å²) in [6.07, 6.45) is 3.58. The van der Waals surface area contributed by atoms with Gasteiger partial charge in [-0.25, -0.2) is 9.98 Å². The van der Waals surface area contributed by atoms with Gasteiger partial charge in [-0.3, -0.25) is 0 Å². The Morgan fingerprint density at radius 1 is 1.04 bits per heavy atom. The fourth-order valence-electron chi connectivity index (χ4n) is 2.84. The maximum atomic E-state index is 6.09. The van der Waals surface area contributed by atoms with E-state index in [4.69, 9.17) is 10.2 Å². The first-order chi connectivity index (χ1) is 12.7. The Morgan fingerprint density at radius 2 is 1.73 bits per heavy atom. The molecule has 0 atom stereocenters. The van der Waals surface area contributed by atoms with Gasteiger partial charge in [-0.05, 0) is 24.0 Å². The number of rotatable bonds is 6. The molecule has 0 amide bonds. The lowest BCUT2D eigenvalue weighted by atomic mass is 10.0. The Labute approximate surface area is 154 Å². The summed E-state index contributed by atoms with van der Waals surface area (Å²) in [5.41, 5.74) is 10.6. The van der Waals surface area contributed by atoms with Gasteiger partial charge in [0.05, 0.1) is 6.20 Å². The first kappa shape index (κ1) is 17.7. The fourth-order valence-corrected chi connectivity index (χ4v) is 2.84. The van der Waals surface area contributed by atoms with E-state index in [2.05, 4.69) is 47.3 Å². The summed E-state index contributed by atoms with van der Waals surface area (Å²) >= 11 is 0. The van der Waals surface area contributed by atoms with Crippen molar-refractivity contribution in [3.05, 3.63) is 71.7 Å². The molecule has 2 aromatic carbocycles. The highest BCUT2D eigenvalue weighted by Gasteiger charge is 2.08. The van der Waals surface area contributed by atoms with Crippen molar-refractivity contribution in [2.45, 2.75) is 33.2 Å². The smallest absolute Gasteiger partial charge is 0.216 e. The molecule has 3 N–H and O–H groups in total. The summed E-state index contributed by atoms with van der Waals surface area (Å²) in [5, 5.41) is 3.25. The number of hydrogen-bond acceptors (Lipinski definition) is 3. The molecule has 0 radical (unpaired) electrons. The Bertz CT molecular complexity index is 862. The summed E-state index contributed by atoms with van der Waals surface area (Å²) in [6.45, 7) is 4.55. The molecule has 26 heavy (non-hydrogen) atoms. The van der Waals surface area contributed by atoms with Gasteiger partial charge in [0.1, 0.15) is 6.54 Å². The van der Waals surface area contributed by atoms with Crippen LogP contribution in [0.25, 0.3) is 11.3 Å². The molecule has 0 saturated carbocycles. The van der Waals surface area contributed by atoms with Gasteiger partial charge < -0.3 is 15.5 Å². The van der Waals surface area contributed by atoms with E-state index in [0.717, 1.165) is 29.9 Å². The Balaban J connectivity index is 1.71. The summed E-state index contributed by atoms with van der Waals surface area (Å²) in [4.78, 5) is 8.66. The van der Waals surface area contributed by atoms with Crippen molar-refractivity contribution in [3.63, 3.8) is 0 Å². The predicted octanol–water partition coefficient (Wildman–Crippen LogP) is 4.39. The lowest BCUT2D eigenvalue weighted by Crippen LogP contribution is -2.24. The van der Waals surface area contributed by atoms with E-state index in [1.807, 2.05) is 30.3 Å². The molecule has 5 heteroatoms. The van der Waals surface area contributed by atoms with Crippen LogP contribution < -0.4 is 11.1 Å². The van der Waals surface area contributed by atoms with Crippen LogP contribution in [0, 0.1) is 0 Å². The van der Waals surface area contributed by atoms with Gasteiger partial charge in [0.25, 0.3) is 0 Å². The third-order valence-corrected chi connectivity index (χ3v) is 4.25. The average Bonchev–Trinajstić information content (AvgIpc) is 3.16. The highest BCUT2D eigenvalue weighted by molar-refractivity contribution is 5.93. The van der Waals surface area contributed by atoms with Crippen molar-refractivity contribution in [1.29, 1.82) is 0 Å². The van der Waals surface area contributed by atoms with Crippen LogP contribution in [0.4, 0.5) is 5.69 Å². The van der Waals surface area contributed by atoms with Crippen molar-refractivity contribution in [2.24, 2.45) is 10.7 Å². The van der Waals surface area contributed by atoms with Gasteiger partial charge in [-0.1, -0.05) is 62.4 Å². The Morgan fingerprint density at radius 3 is 2.38 bits per heavy atom. The SMILES string of the molecule is CCc1cccc(CC)c1NC(N)=NCc1ncc(-c2ccccc2)o1. The van der Waals surface area contributed by atoms with Gasteiger partial charge in [0.2, 0.25) is 5.89 Å². The molecule has 134 valence electrons. The zero-order valence-corrected chi connectivity index (χ0v) is 15.2. The van der Waals surface area contributed by atoms with E-state index in [-0.39, 0.29) is 0 Å². The van der Waals surface area contributed by atoms with Crippen LogP contribution >= 0.6 is 0 Å². The highest BCUT2D eigenvalue weighted by atomic mass is 16.4. The number of hydrogen-bond donors (Lipinski definition) is 2. The number of aliphatic imine (C=N–C) groups is 1. The van der Waals surface area contributed by atoms with Crippen molar-refractivity contribution < 1.29 is 4.42 Å². The van der Waals surface area contributed by atoms with E-state index < -0.39 is 0 Å². The first-order valence-corrected chi connectivity index (χ1v) is 8.89. The van der Waals surface area contributed by atoms with Gasteiger partial charge in [0, 0.05) is 11.3 Å². The standard InChI is InChI=1S/C21H24N4O/c1-3-15-11-8-12-16(4-2)20(15)25-21(22)24-14-19-23-13-18(26-19)17-9-6-5-7-10-17/h5-13H,3-4,14H2,1-2H3,(H3,22,24,25). The van der Waals surface area contributed by atoms with E-state index >= 15 is 0 Å². The third kappa shape index (κ3) is 4.11. The molecule has 0 fully saturated rings. The van der Waals surface area contributed by atoms with Crippen LogP contribution in [-0.4, -0.2) is 10.9 Å². The number of para-hydroxylation sites is 1. The monoisotopic (exact) mass is 348 g/mol. The quantitative estimate of drug-likeness (QED) is 0.511. The minimum Gasteiger partial charge on any atom is -0.439 e. The average molecular weight is 348 g/mol. The van der Waals surface area contributed by atoms with E-state index in [0.29, 0.717) is 18.4 Å². The molecular formula is C21H24N4O. The molecule has 0 bridgehead atoms. The van der Waals surface area contributed by atoms with Crippen LogP contribution in [0.1, 0.15) is 30.9 Å². The van der Waals surface area contributed by atoms with E-state index in [1.165, 1.54) is 11.1 Å². The summed E-state index contributed by atoms with van der Waals surface area (Å²) in [6, 6.07) is 16.2. The summed E-state index contributed by atoms with van der Waals surface area (Å²) in [7, 11) is 0. The first-order valence-electron chi connectivity index (χ1n) is 8.89.